The molecule has 1 fully saturated rings. The summed E-state index contributed by atoms with van der Waals surface area (Å²) in [5, 5.41) is 0. The molecule has 2 rings (SSSR count). The molecule has 0 saturated carbocycles. The molecule has 0 bridgehead atoms. The molecule has 1 heterocycles. The van der Waals surface area contributed by atoms with Crippen molar-refractivity contribution in [1.29, 1.82) is 0 Å². The van der Waals surface area contributed by atoms with Crippen LogP contribution < -0.4 is 4.90 Å². The Hall–Kier alpha value is -1.42. The lowest BCUT2D eigenvalue weighted by Crippen LogP contribution is -2.51. The van der Waals surface area contributed by atoms with Crippen molar-refractivity contribution in [2.75, 3.05) is 31.6 Å². The summed E-state index contributed by atoms with van der Waals surface area (Å²) in [6, 6.07) is 5.02. The van der Waals surface area contributed by atoms with Crippen LogP contribution in [0.2, 0.25) is 0 Å². The third-order valence-electron chi connectivity index (χ3n) is 3.65. The summed E-state index contributed by atoms with van der Waals surface area (Å²) in [6.45, 7) is 4.88. The molecular weight excluding hydrogens is 231 g/mol. The van der Waals surface area contributed by atoms with E-state index < -0.39 is 0 Å². The zero-order valence-corrected chi connectivity index (χ0v) is 10.9. The van der Waals surface area contributed by atoms with Gasteiger partial charge in [0.25, 0.3) is 0 Å². The highest BCUT2D eigenvalue weighted by atomic mass is 19.1. The molecule has 0 aromatic heterocycles. The first-order chi connectivity index (χ1) is 8.63. The van der Waals surface area contributed by atoms with Crippen molar-refractivity contribution in [2.45, 2.75) is 19.4 Å². The largest absolute Gasteiger partial charge is 0.369 e. The molecule has 1 aromatic carbocycles. The summed E-state index contributed by atoms with van der Waals surface area (Å²) >= 11 is 0. The minimum Gasteiger partial charge on any atom is -0.369 e. The van der Waals surface area contributed by atoms with Gasteiger partial charge in [0.2, 0.25) is 0 Å². The number of carbonyl (C=O) groups excluding carboxylic acids is 1. The minimum atomic E-state index is -0.346. The molecule has 1 aliphatic rings. The Kier molecular flexibility index (Phi) is 3.97. The molecule has 0 aliphatic carbocycles. The number of anilines is 1. The number of aldehydes is 1. The van der Waals surface area contributed by atoms with Gasteiger partial charge in [-0.3, -0.25) is 9.69 Å². The standard InChI is InChI=1S/C14H19FN2O/c1-3-13-9-17(5-4-16(13)2)14-7-11(10-18)6-12(15)8-14/h6-8,10,13H,3-5,9H2,1-2H3. The molecule has 4 heteroatoms. The fourth-order valence-electron chi connectivity index (χ4n) is 2.47. The summed E-state index contributed by atoms with van der Waals surface area (Å²) in [5.41, 5.74) is 1.21. The van der Waals surface area contributed by atoms with Gasteiger partial charge in [-0.1, -0.05) is 6.92 Å². The lowest BCUT2D eigenvalue weighted by Gasteiger charge is -2.40. The molecule has 1 aromatic rings. The lowest BCUT2D eigenvalue weighted by atomic mass is 10.1. The van der Waals surface area contributed by atoms with Crippen LogP contribution in [0.15, 0.2) is 18.2 Å². The average Bonchev–Trinajstić information content (AvgIpc) is 2.38. The zero-order chi connectivity index (χ0) is 13.1. The van der Waals surface area contributed by atoms with Crippen LogP contribution in [0.4, 0.5) is 10.1 Å². The van der Waals surface area contributed by atoms with E-state index in [0.717, 1.165) is 31.7 Å². The number of carbonyl (C=O) groups is 1. The van der Waals surface area contributed by atoms with E-state index in [2.05, 4.69) is 23.8 Å². The lowest BCUT2D eigenvalue weighted by molar-refractivity contribution is 0.112. The van der Waals surface area contributed by atoms with Crippen LogP contribution in [-0.2, 0) is 0 Å². The second-order valence-electron chi connectivity index (χ2n) is 4.85. The highest BCUT2D eigenvalue weighted by Crippen LogP contribution is 2.22. The van der Waals surface area contributed by atoms with Gasteiger partial charge in [-0.2, -0.15) is 0 Å². The zero-order valence-electron chi connectivity index (χ0n) is 10.9. The van der Waals surface area contributed by atoms with E-state index >= 15 is 0 Å². The van der Waals surface area contributed by atoms with Crippen LogP contribution in [-0.4, -0.2) is 43.9 Å². The summed E-state index contributed by atoms with van der Waals surface area (Å²) < 4.78 is 13.4. The first kappa shape index (κ1) is 13.0. The number of nitrogens with zero attached hydrogens (tertiary/aromatic N) is 2. The molecule has 1 aliphatic heterocycles. The monoisotopic (exact) mass is 250 g/mol. The molecule has 0 spiro atoms. The van der Waals surface area contributed by atoms with E-state index in [4.69, 9.17) is 0 Å². The number of hydrogen-bond acceptors (Lipinski definition) is 3. The summed E-state index contributed by atoms with van der Waals surface area (Å²) in [5.74, 6) is -0.346. The molecule has 98 valence electrons. The number of likely N-dealkylation sites (N-methyl/N-ethyl adjacent to an activating group) is 1. The third-order valence-corrected chi connectivity index (χ3v) is 3.65. The maximum Gasteiger partial charge on any atom is 0.150 e. The molecule has 0 radical (unpaired) electrons. The number of piperazine rings is 1. The predicted octanol–water partition coefficient (Wildman–Crippen LogP) is 2.17. The van der Waals surface area contributed by atoms with Crippen molar-refractivity contribution in [2.24, 2.45) is 0 Å². The Labute approximate surface area is 107 Å². The van der Waals surface area contributed by atoms with Crippen LogP contribution in [0, 0.1) is 5.82 Å². The van der Waals surface area contributed by atoms with Gasteiger partial charge in [0.05, 0.1) is 0 Å². The first-order valence-corrected chi connectivity index (χ1v) is 6.35. The maximum absolute atomic E-state index is 13.4. The van der Waals surface area contributed by atoms with Gasteiger partial charge < -0.3 is 4.90 Å². The fraction of sp³-hybridized carbons (Fsp3) is 0.500. The van der Waals surface area contributed by atoms with Gasteiger partial charge in [-0.25, -0.2) is 4.39 Å². The van der Waals surface area contributed by atoms with Crippen LogP contribution in [0.1, 0.15) is 23.7 Å². The molecule has 1 saturated heterocycles. The Bertz CT molecular complexity index is 436. The fourth-order valence-corrected chi connectivity index (χ4v) is 2.47. The van der Waals surface area contributed by atoms with Crippen molar-refractivity contribution < 1.29 is 9.18 Å². The molecule has 18 heavy (non-hydrogen) atoms. The van der Waals surface area contributed by atoms with Crippen LogP contribution in [0.5, 0.6) is 0 Å². The molecular formula is C14H19FN2O. The van der Waals surface area contributed by atoms with E-state index in [1.807, 2.05) is 0 Å². The Balaban J connectivity index is 2.21. The SMILES string of the molecule is CCC1CN(c2cc(F)cc(C=O)c2)CCN1C. The molecule has 0 amide bonds. The van der Waals surface area contributed by atoms with Gasteiger partial charge in [0.1, 0.15) is 12.1 Å². The minimum absolute atomic E-state index is 0.346. The van der Waals surface area contributed by atoms with E-state index in [-0.39, 0.29) is 5.82 Å². The van der Waals surface area contributed by atoms with Crippen molar-refractivity contribution >= 4 is 12.0 Å². The quantitative estimate of drug-likeness (QED) is 0.768. The van der Waals surface area contributed by atoms with Crippen LogP contribution in [0.3, 0.4) is 0 Å². The van der Waals surface area contributed by atoms with E-state index in [9.17, 15) is 9.18 Å². The Morgan fingerprint density at radius 1 is 1.39 bits per heavy atom. The predicted molar refractivity (Wildman–Crippen MR) is 70.7 cm³/mol. The van der Waals surface area contributed by atoms with Gasteiger partial charge in [-0.15, -0.1) is 0 Å². The van der Waals surface area contributed by atoms with Crippen molar-refractivity contribution in [3.8, 4) is 0 Å². The highest BCUT2D eigenvalue weighted by molar-refractivity contribution is 5.77. The van der Waals surface area contributed by atoms with Crippen molar-refractivity contribution in [3.05, 3.63) is 29.6 Å². The molecule has 1 unspecified atom stereocenters. The summed E-state index contributed by atoms with van der Waals surface area (Å²) in [6.07, 6.45) is 1.77. The normalized spacial score (nSPS) is 21.1. The van der Waals surface area contributed by atoms with Crippen molar-refractivity contribution in [3.63, 3.8) is 0 Å². The molecule has 1 atom stereocenters. The third kappa shape index (κ3) is 2.70. The smallest absolute Gasteiger partial charge is 0.150 e. The summed E-state index contributed by atoms with van der Waals surface area (Å²) in [4.78, 5) is 15.3. The maximum atomic E-state index is 13.4. The van der Waals surface area contributed by atoms with Gasteiger partial charge in [-0.05, 0) is 31.7 Å². The molecule has 0 N–H and O–H groups in total. The Morgan fingerprint density at radius 2 is 2.17 bits per heavy atom. The summed E-state index contributed by atoms with van der Waals surface area (Å²) in [7, 11) is 2.12. The number of rotatable bonds is 3. The number of hydrogen-bond donors (Lipinski definition) is 0. The second-order valence-corrected chi connectivity index (χ2v) is 4.85. The van der Waals surface area contributed by atoms with E-state index in [1.165, 1.54) is 12.1 Å². The number of halogens is 1. The average molecular weight is 250 g/mol. The van der Waals surface area contributed by atoms with Crippen LogP contribution >= 0.6 is 0 Å². The van der Waals surface area contributed by atoms with Gasteiger partial charge in [0, 0.05) is 36.9 Å². The van der Waals surface area contributed by atoms with Gasteiger partial charge >= 0.3 is 0 Å². The molecule has 3 nitrogen and oxygen atoms in total. The van der Waals surface area contributed by atoms with Crippen molar-refractivity contribution in [1.82, 2.24) is 4.90 Å². The van der Waals surface area contributed by atoms with E-state index in [0.29, 0.717) is 17.9 Å². The Morgan fingerprint density at radius 3 is 2.83 bits per heavy atom. The second kappa shape index (κ2) is 5.48. The highest BCUT2D eigenvalue weighted by Gasteiger charge is 2.23. The van der Waals surface area contributed by atoms with E-state index in [1.54, 1.807) is 6.07 Å². The number of benzene rings is 1. The first-order valence-electron chi connectivity index (χ1n) is 6.35. The topological polar surface area (TPSA) is 23.6 Å². The van der Waals surface area contributed by atoms with Crippen LogP contribution in [0.25, 0.3) is 0 Å². The van der Waals surface area contributed by atoms with Gasteiger partial charge in [0.15, 0.2) is 0 Å².